The summed E-state index contributed by atoms with van der Waals surface area (Å²) >= 11 is 0. The molecule has 20 heavy (non-hydrogen) atoms. The van der Waals surface area contributed by atoms with Gasteiger partial charge < -0.3 is 11.1 Å². The fourth-order valence-electron chi connectivity index (χ4n) is 1.57. The van der Waals surface area contributed by atoms with Crippen LogP contribution in [0.5, 0.6) is 0 Å². The molecule has 2 heterocycles. The molecule has 0 unspecified atom stereocenters. The third-order valence-corrected chi connectivity index (χ3v) is 2.45. The maximum atomic E-state index is 12.6. The summed E-state index contributed by atoms with van der Waals surface area (Å²) in [5, 5.41) is 2.78. The van der Waals surface area contributed by atoms with Crippen LogP contribution in [0.2, 0.25) is 0 Å². The third kappa shape index (κ3) is 3.81. The van der Waals surface area contributed by atoms with E-state index in [1.54, 1.807) is 12.3 Å². The molecule has 0 aromatic carbocycles. The van der Waals surface area contributed by atoms with Crippen molar-refractivity contribution in [2.24, 2.45) is 0 Å². The van der Waals surface area contributed by atoms with Crippen LogP contribution in [0.15, 0.2) is 30.5 Å². The summed E-state index contributed by atoms with van der Waals surface area (Å²) in [6.45, 7) is 0.394. The van der Waals surface area contributed by atoms with Gasteiger partial charge in [0.25, 0.3) is 0 Å². The Bertz CT molecular complexity index is 571. The van der Waals surface area contributed by atoms with E-state index in [1.165, 1.54) is 0 Å². The monoisotopic (exact) mass is 283 g/mol. The summed E-state index contributed by atoms with van der Waals surface area (Å²) in [5.41, 5.74) is 5.03. The van der Waals surface area contributed by atoms with E-state index < -0.39 is 17.8 Å². The molecular weight excluding hydrogens is 271 g/mol. The van der Waals surface area contributed by atoms with E-state index in [9.17, 15) is 13.2 Å². The minimum atomic E-state index is -4.55. The van der Waals surface area contributed by atoms with Crippen LogP contribution in [-0.2, 0) is 12.6 Å². The lowest BCUT2D eigenvalue weighted by Gasteiger charge is -2.10. The van der Waals surface area contributed by atoms with E-state index in [-0.39, 0.29) is 5.82 Å². The smallest absolute Gasteiger partial charge is 0.370 e. The van der Waals surface area contributed by atoms with Crippen LogP contribution in [0, 0.1) is 0 Å². The van der Waals surface area contributed by atoms with Crippen molar-refractivity contribution in [2.45, 2.75) is 12.6 Å². The average molecular weight is 283 g/mol. The predicted octanol–water partition coefficient (Wildman–Crippen LogP) is 2.13. The maximum Gasteiger partial charge on any atom is 0.433 e. The average Bonchev–Trinajstić information content (AvgIpc) is 2.38. The molecule has 5 nitrogen and oxygen atoms in total. The largest absolute Gasteiger partial charge is 0.433 e. The maximum absolute atomic E-state index is 12.6. The van der Waals surface area contributed by atoms with Gasteiger partial charge in [0.1, 0.15) is 5.82 Å². The van der Waals surface area contributed by atoms with Crippen LogP contribution < -0.4 is 11.1 Å². The van der Waals surface area contributed by atoms with E-state index in [2.05, 4.69) is 20.3 Å². The normalized spacial score (nSPS) is 11.3. The number of anilines is 2. The molecule has 0 aliphatic heterocycles. The van der Waals surface area contributed by atoms with Gasteiger partial charge in [-0.15, -0.1) is 0 Å². The molecule has 0 radical (unpaired) electrons. The van der Waals surface area contributed by atoms with Gasteiger partial charge in [0.15, 0.2) is 5.69 Å². The SMILES string of the molecule is Nc1nc(NCCc2ccccn2)cc(C(F)(F)F)n1. The lowest BCUT2D eigenvalue weighted by molar-refractivity contribution is -0.141. The summed E-state index contributed by atoms with van der Waals surface area (Å²) in [4.78, 5) is 11.0. The first-order valence-corrected chi connectivity index (χ1v) is 5.80. The van der Waals surface area contributed by atoms with Crippen LogP contribution >= 0.6 is 0 Å². The van der Waals surface area contributed by atoms with Gasteiger partial charge in [-0.25, -0.2) is 4.98 Å². The summed E-state index contributed by atoms with van der Waals surface area (Å²) < 4.78 is 37.7. The zero-order valence-electron chi connectivity index (χ0n) is 10.4. The highest BCUT2D eigenvalue weighted by molar-refractivity contribution is 5.41. The topological polar surface area (TPSA) is 76.7 Å². The van der Waals surface area contributed by atoms with Crippen molar-refractivity contribution in [1.82, 2.24) is 15.0 Å². The summed E-state index contributed by atoms with van der Waals surface area (Å²) in [6, 6.07) is 6.29. The molecule has 2 aromatic heterocycles. The van der Waals surface area contributed by atoms with E-state index in [0.717, 1.165) is 11.8 Å². The number of hydrogen-bond donors (Lipinski definition) is 2. The number of hydrogen-bond acceptors (Lipinski definition) is 5. The second-order valence-corrected chi connectivity index (χ2v) is 3.99. The first-order chi connectivity index (χ1) is 9.45. The predicted molar refractivity (Wildman–Crippen MR) is 67.9 cm³/mol. The standard InChI is InChI=1S/C12H12F3N5/c13-12(14,15)9-7-10(20-11(16)19-9)18-6-4-8-3-1-2-5-17-8/h1-3,5,7H,4,6H2,(H3,16,18,19,20). The Labute approximate surface area is 113 Å². The highest BCUT2D eigenvalue weighted by Crippen LogP contribution is 2.29. The molecular formula is C12H12F3N5. The van der Waals surface area contributed by atoms with Gasteiger partial charge in [-0.1, -0.05) is 6.07 Å². The Morgan fingerprint density at radius 1 is 1.20 bits per heavy atom. The second kappa shape index (κ2) is 5.72. The molecule has 0 aliphatic rings. The quantitative estimate of drug-likeness (QED) is 0.898. The number of nitrogen functional groups attached to an aromatic ring is 1. The van der Waals surface area contributed by atoms with E-state index in [4.69, 9.17) is 5.73 Å². The highest BCUT2D eigenvalue weighted by Gasteiger charge is 2.33. The number of aromatic nitrogens is 3. The Kier molecular flexibility index (Phi) is 4.02. The molecule has 0 saturated heterocycles. The molecule has 0 bridgehead atoms. The summed E-state index contributed by atoms with van der Waals surface area (Å²) in [6.07, 6.45) is -2.33. The number of halogens is 3. The van der Waals surface area contributed by atoms with Gasteiger partial charge in [0, 0.05) is 30.9 Å². The van der Waals surface area contributed by atoms with Gasteiger partial charge in [-0.3, -0.25) is 4.98 Å². The number of nitrogens with one attached hydrogen (secondary N) is 1. The van der Waals surface area contributed by atoms with Crippen molar-refractivity contribution >= 4 is 11.8 Å². The highest BCUT2D eigenvalue weighted by atomic mass is 19.4. The first-order valence-electron chi connectivity index (χ1n) is 5.80. The molecule has 8 heteroatoms. The van der Waals surface area contributed by atoms with Crippen LogP contribution in [0.1, 0.15) is 11.4 Å². The van der Waals surface area contributed by atoms with Crippen LogP contribution in [0.4, 0.5) is 24.9 Å². The van der Waals surface area contributed by atoms with Crippen LogP contribution in [-0.4, -0.2) is 21.5 Å². The zero-order valence-corrected chi connectivity index (χ0v) is 10.4. The molecule has 0 saturated carbocycles. The first kappa shape index (κ1) is 14.0. The van der Waals surface area contributed by atoms with Gasteiger partial charge in [-0.05, 0) is 12.1 Å². The molecule has 3 N–H and O–H groups in total. The molecule has 0 fully saturated rings. The van der Waals surface area contributed by atoms with Crippen LogP contribution in [0.3, 0.4) is 0 Å². The van der Waals surface area contributed by atoms with Gasteiger partial charge in [-0.2, -0.15) is 18.2 Å². The number of nitrogens with two attached hydrogens (primary N) is 1. The van der Waals surface area contributed by atoms with E-state index >= 15 is 0 Å². The van der Waals surface area contributed by atoms with Crippen molar-refractivity contribution in [2.75, 3.05) is 17.6 Å². The minimum absolute atomic E-state index is 0.0424. The van der Waals surface area contributed by atoms with E-state index in [1.807, 2.05) is 12.1 Å². The number of alkyl halides is 3. The third-order valence-electron chi connectivity index (χ3n) is 2.45. The van der Waals surface area contributed by atoms with Crippen LogP contribution in [0.25, 0.3) is 0 Å². The van der Waals surface area contributed by atoms with Crippen molar-refractivity contribution in [3.8, 4) is 0 Å². The number of rotatable bonds is 4. The van der Waals surface area contributed by atoms with E-state index in [0.29, 0.717) is 13.0 Å². The zero-order chi connectivity index (χ0) is 14.6. The molecule has 2 rings (SSSR count). The Hall–Kier alpha value is -2.38. The van der Waals surface area contributed by atoms with Gasteiger partial charge in [0.2, 0.25) is 5.95 Å². The molecule has 0 atom stereocenters. The summed E-state index contributed by atoms with van der Waals surface area (Å²) in [5.74, 6) is -0.374. The molecule has 0 aliphatic carbocycles. The fraction of sp³-hybridized carbons (Fsp3) is 0.250. The van der Waals surface area contributed by atoms with Gasteiger partial charge in [0.05, 0.1) is 0 Å². The fourth-order valence-corrected chi connectivity index (χ4v) is 1.57. The van der Waals surface area contributed by atoms with Crippen molar-refractivity contribution in [3.63, 3.8) is 0 Å². The Balaban J connectivity index is 2.01. The summed E-state index contributed by atoms with van der Waals surface area (Å²) in [7, 11) is 0. The molecule has 0 amide bonds. The molecule has 106 valence electrons. The minimum Gasteiger partial charge on any atom is -0.370 e. The Morgan fingerprint density at radius 3 is 2.65 bits per heavy atom. The Morgan fingerprint density at radius 2 is 2.00 bits per heavy atom. The van der Waals surface area contributed by atoms with Crippen molar-refractivity contribution < 1.29 is 13.2 Å². The molecule has 0 spiro atoms. The molecule has 2 aromatic rings. The van der Waals surface area contributed by atoms with Gasteiger partial charge >= 0.3 is 6.18 Å². The van der Waals surface area contributed by atoms with Crippen molar-refractivity contribution in [3.05, 3.63) is 41.9 Å². The number of nitrogens with zero attached hydrogens (tertiary/aromatic N) is 3. The lowest BCUT2D eigenvalue weighted by atomic mass is 10.2. The second-order valence-electron chi connectivity index (χ2n) is 3.99. The number of pyridine rings is 1. The van der Waals surface area contributed by atoms with Crippen molar-refractivity contribution in [1.29, 1.82) is 0 Å². The lowest BCUT2D eigenvalue weighted by Crippen LogP contribution is -2.14.